The van der Waals surface area contributed by atoms with Gasteiger partial charge in [-0.1, -0.05) is 30.7 Å². The van der Waals surface area contributed by atoms with Crippen molar-refractivity contribution in [3.05, 3.63) is 42.1 Å². The Morgan fingerprint density at radius 3 is 2.43 bits per heavy atom. The van der Waals surface area contributed by atoms with Gasteiger partial charge >= 0.3 is 0 Å². The molecule has 5 heteroatoms. The van der Waals surface area contributed by atoms with Gasteiger partial charge in [0.15, 0.2) is 0 Å². The molecular formula is C18H25Cl2N3. The van der Waals surface area contributed by atoms with Crippen LogP contribution in [0.2, 0.25) is 0 Å². The van der Waals surface area contributed by atoms with E-state index in [4.69, 9.17) is 4.98 Å². The van der Waals surface area contributed by atoms with E-state index < -0.39 is 0 Å². The van der Waals surface area contributed by atoms with Crippen molar-refractivity contribution in [1.29, 1.82) is 0 Å². The number of pyridine rings is 1. The Bertz CT molecular complexity index is 624. The van der Waals surface area contributed by atoms with E-state index in [9.17, 15) is 0 Å². The number of benzene rings is 1. The molecule has 0 bridgehead atoms. The Morgan fingerprint density at radius 2 is 1.74 bits per heavy atom. The molecule has 2 fully saturated rings. The molecule has 1 aromatic heterocycles. The molecular weight excluding hydrogens is 329 g/mol. The van der Waals surface area contributed by atoms with Gasteiger partial charge in [-0.2, -0.15) is 0 Å². The van der Waals surface area contributed by atoms with Gasteiger partial charge in [-0.15, -0.1) is 24.8 Å². The number of nitrogens with one attached hydrogen (secondary N) is 1. The first-order valence-electron chi connectivity index (χ1n) is 8.22. The summed E-state index contributed by atoms with van der Waals surface area (Å²) in [6, 6.07) is 13.5. The summed E-state index contributed by atoms with van der Waals surface area (Å²) < 4.78 is 0. The average Bonchev–Trinajstić information content (AvgIpc) is 2.51. The maximum Gasteiger partial charge on any atom is 0.0706 e. The van der Waals surface area contributed by atoms with Gasteiger partial charge in [0.25, 0.3) is 0 Å². The quantitative estimate of drug-likeness (QED) is 0.908. The summed E-state index contributed by atoms with van der Waals surface area (Å²) >= 11 is 0. The fourth-order valence-electron chi connectivity index (χ4n) is 3.69. The van der Waals surface area contributed by atoms with Crippen LogP contribution in [-0.2, 0) is 0 Å². The molecule has 0 unspecified atom stereocenters. The number of aromatic nitrogens is 1. The second-order valence-electron chi connectivity index (χ2n) is 6.35. The van der Waals surface area contributed by atoms with Gasteiger partial charge in [0.2, 0.25) is 0 Å². The first-order valence-corrected chi connectivity index (χ1v) is 8.22. The summed E-state index contributed by atoms with van der Waals surface area (Å²) in [7, 11) is 0. The molecule has 3 nitrogen and oxygen atoms in total. The van der Waals surface area contributed by atoms with E-state index in [1.54, 1.807) is 0 Å². The van der Waals surface area contributed by atoms with Crippen LogP contribution in [0.25, 0.3) is 10.9 Å². The van der Waals surface area contributed by atoms with Gasteiger partial charge in [-0.3, -0.25) is 9.88 Å². The molecule has 2 heterocycles. The van der Waals surface area contributed by atoms with Crippen molar-refractivity contribution < 1.29 is 0 Å². The Morgan fingerprint density at radius 1 is 1.00 bits per heavy atom. The van der Waals surface area contributed by atoms with Crippen molar-refractivity contribution in [3.8, 4) is 0 Å². The predicted molar refractivity (Wildman–Crippen MR) is 101 cm³/mol. The van der Waals surface area contributed by atoms with Crippen LogP contribution in [-0.4, -0.2) is 36.1 Å². The first-order chi connectivity index (χ1) is 10.4. The highest BCUT2D eigenvalue weighted by atomic mass is 35.5. The van der Waals surface area contributed by atoms with Gasteiger partial charge in [0.05, 0.1) is 17.3 Å². The topological polar surface area (TPSA) is 28.2 Å². The highest BCUT2D eigenvalue weighted by Gasteiger charge is 2.34. The number of rotatable bonds is 3. The molecule has 0 spiro atoms. The molecule has 2 aromatic rings. The normalized spacial score (nSPS) is 20.2. The fourth-order valence-corrected chi connectivity index (χ4v) is 3.69. The lowest BCUT2D eigenvalue weighted by Crippen LogP contribution is -2.48. The van der Waals surface area contributed by atoms with E-state index in [0.717, 1.165) is 37.6 Å². The summed E-state index contributed by atoms with van der Waals surface area (Å²) in [5, 5.41) is 4.71. The zero-order valence-electron chi connectivity index (χ0n) is 13.3. The van der Waals surface area contributed by atoms with Crippen molar-refractivity contribution in [2.75, 3.05) is 26.2 Å². The lowest BCUT2D eigenvalue weighted by atomic mass is 9.77. The molecule has 0 radical (unpaired) electrons. The fraction of sp³-hybridized carbons (Fsp3) is 0.500. The van der Waals surface area contributed by atoms with Gasteiger partial charge < -0.3 is 5.32 Å². The number of piperazine rings is 1. The smallest absolute Gasteiger partial charge is 0.0706 e. The Balaban J connectivity index is 0.000000960. The van der Waals surface area contributed by atoms with Crippen molar-refractivity contribution in [3.63, 3.8) is 0 Å². The van der Waals surface area contributed by atoms with E-state index in [0.29, 0.717) is 6.04 Å². The molecule has 1 N–H and O–H groups in total. The Hall–Kier alpha value is -0.870. The highest BCUT2D eigenvalue weighted by Crippen LogP contribution is 2.41. The third kappa shape index (κ3) is 3.80. The molecule has 1 saturated carbocycles. The lowest BCUT2D eigenvalue weighted by molar-refractivity contribution is 0.0811. The highest BCUT2D eigenvalue weighted by molar-refractivity contribution is 5.85. The zero-order chi connectivity index (χ0) is 14.1. The van der Waals surface area contributed by atoms with E-state index in [1.165, 1.54) is 30.3 Å². The summed E-state index contributed by atoms with van der Waals surface area (Å²) in [5.41, 5.74) is 2.41. The van der Waals surface area contributed by atoms with E-state index in [1.807, 2.05) is 0 Å². The second-order valence-corrected chi connectivity index (χ2v) is 6.35. The van der Waals surface area contributed by atoms with Gasteiger partial charge in [0.1, 0.15) is 0 Å². The van der Waals surface area contributed by atoms with E-state index in [-0.39, 0.29) is 24.8 Å². The molecule has 1 aromatic carbocycles. The SMILES string of the molecule is Cl.Cl.c1ccc2nc([C@H](C3CCC3)N3CCNCC3)ccc2c1. The van der Waals surface area contributed by atoms with Crippen LogP contribution in [0.5, 0.6) is 0 Å². The molecule has 1 atom stereocenters. The third-order valence-electron chi connectivity index (χ3n) is 5.06. The molecule has 1 aliphatic heterocycles. The minimum absolute atomic E-state index is 0. The van der Waals surface area contributed by atoms with Crippen LogP contribution in [0.3, 0.4) is 0 Å². The van der Waals surface area contributed by atoms with Crippen molar-refractivity contribution in [2.45, 2.75) is 25.3 Å². The second kappa shape index (κ2) is 8.29. The average molecular weight is 354 g/mol. The predicted octanol–water partition coefficient (Wildman–Crippen LogP) is 3.82. The van der Waals surface area contributed by atoms with Crippen LogP contribution in [0.1, 0.15) is 31.0 Å². The maximum absolute atomic E-state index is 4.99. The van der Waals surface area contributed by atoms with Gasteiger partial charge in [-0.25, -0.2) is 0 Å². The van der Waals surface area contributed by atoms with Crippen LogP contribution in [0.4, 0.5) is 0 Å². The Kier molecular flexibility index (Phi) is 6.66. The van der Waals surface area contributed by atoms with Gasteiger partial charge in [0, 0.05) is 31.6 Å². The summed E-state index contributed by atoms with van der Waals surface area (Å²) in [6.45, 7) is 4.51. The number of fused-ring (bicyclic) bond motifs is 1. The number of nitrogens with zero attached hydrogens (tertiary/aromatic N) is 2. The van der Waals surface area contributed by atoms with Crippen molar-refractivity contribution in [1.82, 2.24) is 15.2 Å². The first kappa shape index (κ1) is 18.5. The standard InChI is InChI=1S/C18H23N3.2ClH/c1-2-7-16-14(4-1)8-9-17(20-16)18(15-5-3-6-15)21-12-10-19-11-13-21;;/h1-2,4,7-9,15,18-19H,3,5-6,10-13H2;2*1H/t18-;;/m0../s1. The minimum Gasteiger partial charge on any atom is -0.314 e. The molecule has 0 amide bonds. The summed E-state index contributed by atoms with van der Waals surface area (Å²) in [4.78, 5) is 7.64. The minimum atomic E-state index is 0. The Labute approximate surface area is 150 Å². The number of hydrogen-bond donors (Lipinski definition) is 1. The molecule has 126 valence electrons. The zero-order valence-corrected chi connectivity index (χ0v) is 14.9. The third-order valence-corrected chi connectivity index (χ3v) is 5.06. The monoisotopic (exact) mass is 353 g/mol. The molecule has 1 saturated heterocycles. The number of halogens is 2. The maximum atomic E-state index is 4.99. The number of para-hydroxylation sites is 1. The van der Waals surface area contributed by atoms with Crippen molar-refractivity contribution >= 4 is 35.7 Å². The van der Waals surface area contributed by atoms with Crippen molar-refractivity contribution in [2.24, 2.45) is 5.92 Å². The largest absolute Gasteiger partial charge is 0.314 e. The number of hydrogen-bond acceptors (Lipinski definition) is 3. The van der Waals surface area contributed by atoms with E-state index >= 15 is 0 Å². The molecule has 2 aliphatic rings. The summed E-state index contributed by atoms with van der Waals surface area (Å²) in [6.07, 6.45) is 4.12. The molecule has 4 rings (SSSR count). The van der Waals surface area contributed by atoms with Crippen LogP contribution in [0, 0.1) is 5.92 Å². The molecule has 23 heavy (non-hydrogen) atoms. The van der Waals surface area contributed by atoms with Gasteiger partial charge in [-0.05, 0) is 30.9 Å². The summed E-state index contributed by atoms with van der Waals surface area (Å²) in [5.74, 6) is 0.803. The van der Waals surface area contributed by atoms with Crippen LogP contribution < -0.4 is 5.32 Å². The van der Waals surface area contributed by atoms with E-state index in [2.05, 4.69) is 46.6 Å². The van der Waals surface area contributed by atoms with Crippen LogP contribution >= 0.6 is 24.8 Å². The lowest BCUT2D eigenvalue weighted by Gasteiger charge is -2.42. The molecule has 1 aliphatic carbocycles. The van der Waals surface area contributed by atoms with Crippen LogP contribution in [0.15, 0.2) is 36.4 Å².